The van der Waals surface area contributed by atoms with Gasteiger partial charge >= 0.3 is 0 Å². The smallest absolute Gasteiger partial charge is 0.188 e. The van der Waals surface area contributed by atoms with Crippen molar-refractivity contribution in [3.05, 3.63) is 52.0 Å². The molecule has 0 spiro atoms. The van der Waals surface area contributed by atoms with Gasteiger partial charge in [-0.05, 0) is 55.3 Å². The van der Waals surface area contributed by atoms with Crippen LogP contribution in [-0.2, 0) is 0 Å². The zero-order chi connectivity index (χ0) is 13.4. The number of benzene rings is 2. The Morgan fingerprint density at radius 3 is 2.68 bits per heavy atom. The van der Waals surface area contributed by atoms with Gasteiger partial charge in [-0.1, -0.05) is 33.3 Å². The summed E-state index contributed by atoms with van der Waals surface area (Å²) in [6.07, 6.45) is 0. The molecule has 0 bridgehead atoms. The van der Waals surface area contributed by atoms with E-state index in [1.807, 2.05) is 0 Å². The molecule has 2 nitrogen and oxygen atoms in total. The van der Waals surface area contributed by atoms with Crippen molar-refractivity contribution in [1.82, 2.24) is 4.98 Å². The molecule has 1 N–H and O–H groups in total. The summed E-state index contributed by atoms with van der Waals surface area (Å²) in [6, 6.07) is 12.6. The molecule has 0 saturated carbocycles. The highest BCUT2D eigenvalue weighted by atomic mass is 79.9. The Hall–Kier alpha value is -1.39. The van der Waals surface area contributed by atoms with Gasteiger partial charge in [0, 0.05) is 10.2 Å². The second-order valence-corrected chi connectivity index (χ2v) is 6.58. The van der Waals surface area contributed by atoms with Crippen molar-refractivity contribution in [1.29, 1.82) is 0 Å². The quantitative estimate of drug-likeness (QED) is 0.677. The highest BCUT2D eigenvalue weighted by molar-refractivity contribution is 9.10. The van der Waals surface area contributed by atoms with Crippen molar-refractivity contribution in [3.63, 3.8) is 0 Å². The van der Waals surface area contributed by atoms with Gasteiger partial charge in [-0.2, -0.15) is 0 Å². The first-order chi connectivity index (χ1) is 9.10. The maximum absolute atomic E-state index is 4.60. The lowest BCUT2D eigenvalue weighted by Gasteiger charge is -2.04. The molecule has 0 aliphatic rings. The largest absolute Gasteiger partial charge is 0.331 e. The van der Waals surface area contributed by atoms with Crippen molar-refractivity contribution in [3.8, 4) is 0 Å². The number of anilines is 2. The SMILES string of the molecule is Cc1cc(Br)cc(Nc2nc3ccc(C)cc3s2)c1. The summed E-state index contributed by atoms with van der Waals surface area (Å²) < 4.78 is 2.29. The minimum absolute atomic E-state index is 0.929. The maximum atomic E-state index is 4.60. The third-order valence-corrected chi connectivity index (χ3v) is 4.23. The van der Waals surface area contributed by atoms with Gasteiger partial charge in [0.1, 0.15) is 0 Å². The van der Waals surface area contributed by atoms with Gasteiger partial charge in [0.2, 0.25) is 0 Å². The van der Waals surface area contributed by atoms with Gasteiger partial charge in [0.15, 0.2) is 5.13 Å². The van der Waals surface area contributed by atoms with E-state index >= 15 is 0 Å². The zero-order valence-electron chi connectivity index (χ0n) is 10.7. The summed E-state index contributed by atoms with van der Waals surface area (Å²) in [5.74, 6) is 0. The van der Waals surface area contributed by atoms with Crippen LogP contribution in [0, 0.1) is 13.8 Å². The van der Waals surface area contributed by atoms with E-state index in [9.17, 15) is 0 Å². The van der Waals surface area contributed by atoms with Crippen LogP contribution >= 0.6 is 27.3 Å². The van der Waals surface area contributed by atoms with Crippen LogP contribution in [0.3, 0.4) is 0 Å². The molecule has 0 saturated heterocycles. The van der Waals surface area contributed by atoms with Crippen molar-refractivity contribution in [2.24, 2.45) is 0 Å². The minimum atomic E-state index is 0.929. The molecule has 3 aromatic rings. The fourth-order valence-electron chi connectivity index (χ4n) is 2.02. The topological polar surface area (TPSA) is 24.9 Å². The monoisotopic (exact) mass is 332 g/mol. The molecule has 3 rings (SSSR count). The van der Waals surface area contributed by atoms with Gasteiger partial charge in [0.25, 0.3) is 0 Å². The summed E-state index contributed by atoms with van der Waals surface area (Å²) in [7, 11) is 0. The lowest BCUT2D eigenvalue weighted by molar-refractivity contribution is 1.40. The molecule has 0 fully saturated rings. The van der Waals surface area contributed by atoms with Crippen LogP contribution in [0.1, 0.15) is 11.1 Å². The van der Waals surface area contributed by atoms with Crippen LogP contribution in [0.5, 0.6) is 0 Å². The molecule has 1 heterocycles. The summed E-state index contributed by atoms with van der Waals surface area (Å²) in [4.78, 5) is 4.60. The van der Waals surface area contributed by atoms with Crippen molar-refractivity contribution in [2.45, 2.75) is 13.8 Å². The lowest BCUT2D eigenvalue weighted by atomic mass is 10.2. The Morgan fingerprint density at radius 2 is 1.89 bits per heavy atom. The van der Waals surface area contributed by atoms with E-state index in [0.717, 1.165) is 20.8 Å². The number of hydrogen-bond donors (Lipinski definition) is 1. The second-order valence-electron chi connectivity index (χ2n) is 4.63. The molecule has 0 atom stereocenters. The minimum Gasteiger partial charge on any atom is -0.331 e. The van der Waals surface area contributed by atoms with Crippen LogP contribution in [0.25, 0.3) is 10.2 Å². The molecule has 4 heteroatoms. The molecule has 0 aliphatic heterocycles. The number of nitrogens with zero attached hydrogens (tertiary/aromatic N) is 1. The van der Waals surface area contributed by atoms with Crippen LogP contribution in [0.15, 0.2) is 40.9 Å². The number of rotatable bonds is 2. The maximum Gasteiger partial charge on any atom is 0.188 e. The van der Waals surface area contributed by atoms with Gasteiger partial charge in [0.05, 0.1) is 10.2 Å². The van der Waals surface area contributed by atoms with Gasteiger partial charge in [-0.25, -0.2) is 4.98 Å². The highest BCUT2D eigenvalue weighted by Gasteiger charge is 2.05. The van der Waals surface area contributed by atoms with Crippen molar-refractivity contribution >= 4 is 48.3 Å². The first kappa shape index (κ1) is 12.6. The van der Waals surface area contributed by atoms with Crippen LogP contribution in [-0.4, -0.2) is 4.98 Å². The Kier molecular flexibility index (Phi) is 3.29. The average molecular weight is 333 g/mol. The number of halogens is 1. The number of aromatic nitrogens is 1. The zero-order valence-corrected chi connectivity index (χ0v) is 13.1. The van der Waals surface area contributed by atoms with Crippen LogP contribution in [0.4, 0.5) is 10.8 Å². The fourth-order valence-corrected chi connectivity index (χ4v) is 3.61. The summed E-state index contributed by atoms with van der Waals surface area (Å²) in [5.41, 5.74) is 4.59. The standard InChI is InChI=1S/C15H13BrN2S/c1-9-3-4-13-14(7-9)19-15(18-13)17-12-6-10(2)5-11(16)8-12/h3-8H,1-2H3,(H,17,18). The number of hydrogen-bond acceptors (Lipinski definition) is 3. The number of nitrogens with one attached hydrogen (secondary N) is 1. The molecule has 0 radical (unpaired) electrons. The molecule has 2 aromatic carbocycles. The van der Waals surface area contributed by atoms with E-state index in [4.69, 9.17) is 0 Å². The number of fused-ring (bicyclic) bond motifs is 1. The molecule has 0 amide bonds. The Morgan fingerprint density at radius 1 is 1.05 bits per heavy atom. The van der Waals surface area contributed by atoms with E-state index < -0.39 is 0 Å². The summed E-state index contributed by atoms with van der Waals surface area (Å²) >= 11 is 5.19. The van der Waals surface area contributed by atoms with E-state index in [0.29, 0.717) is 0 Å². The van der Waals surface area contributed by atoms with Crippen molar-refractivity contribution < 1.29 is 0 Å². The summed E-state index contributed by atoms with van der Waals surface area (Å²) in [5, 5.41) is 4.30. The van der Waals surface area contributed by atoms with E-state index in [-0.39, 0.29) is 0 Å². The third-order valence-electron chi connectivity index (χ3n) is 2.84. The normalized spacial score (nSPS) is 10.9. The fraction of sp³-hybridized carbons (Fsp3) is 0.133. The molecule has 0 unspecified atom stereocenters. The number of aryl methyl sites for hydroxylation is 2. The van der Waals surface area contributed by atoms with E-state index in [2.05, 4.69) is 76.5 Å². The Labute approximate surface area is 124 Å². The van der Waals surface area contributed by atoms with Gasteiger partial charge in [-0.15, -0.1) is 0 Å². The first-order valence-corrected chi connectivity index (χ1v) is 7.62. The number of thiazole rings is 1. The predicted octanol–water partition coefficient (Wildman–Crippen LogP) is 5.42. The van der Waals surface area contributed by atoms with E-state index in [1.165, 1.54) is 15.8 Å². The molecular weight excluding hydrogens is 320 g/mol. The van der Waals surface area contributed by atoms with Gasteiger partial charge in [-0.3, -0.25) is 0 Å². The second kappa shape index (κ2) is 4.94. The van der Waals surface area contributed by atoms with Crippen LogP contribution < -0.4 is 5.32 Å². The lowest BCUT2D eigenvalue weighted by Crippen LogP contribution is -1.89. The Balaban J connectivity index is 1.96. The summed E-state index contributed by atoms with van der Waals surface area (Å²) in [6.45, 7) is 4.18. The molecule has 96 valence electrons. The molecule has 0 aliphatic carbocycles. The average Bonchev–Trinajstić information content (AvgIpc) is 2.68. The highest BCUT2D eigenvalue weighted by Crippen LogP contribution is 2.30. The van der Waals surface area contributed by atoms with Crippen LogP contribution in [0.2, 0.25) is 0 Å². The molecule has 19 heavy (non-hydrogen) atoms. The third kappa shape index (κ3) is 2.80. The predicted molar refractivity (Wildman–Crippen MR) is 86.5 cm³/mol. The van der Waals surface area contributed by atoms with E-state index in [1.54, 1.807) is 11.3 Å². The molecule has 1 aromatic heterocycles. The Bertz CT molecular complexity index is 729. The van der Waals surface area contributed by atoms with Gasteiger partial charge < -0.3 is 5.32 Å². The first-order valence-electron chi connectivity index (χ1n) is 6.01. The molecular formula is C15H13BrN2S. The van der Waals surface area contributed by atoms with Crippen molar-refractivity contribution in [2.75, 3.05) is 5.32 Å².